The van der Waals surface area contributed by atoms with Crippen LogP contribution in [0.3, 0.4) is 0 Å². The number of benzene rings is 1. The fourth-order valence-electron chi connectivity index (χ4n) is 1.59. The van der Waals surface area contributed by atoms with Crippen LogP contribution in [0.5, 0.6) is 0 Å². The van der Waals surface area contributed by atoms with Crippen LogP contribution in [0.25, 0.3) is 0 Å². The van der Waals surface area contributed by atoms with Gasteiger partial charge in [0, 0.05) is 6.54 Å². The zero-order chi connectivity index (χ0) is 12.0. The van der Waals surface area contributed by atoms with Gasteiger partial charge in [-0.25, -0.2) is 0 Å². The standard InChI is InChI=1S/C13H19NO2/c1-3-10(2)12(13(15)16)14-9-11-7-5-4-6-8-11/h4-8,10,12,14H,3,9H2,1-2H3,(H,15,16)/t10?,12-/m0/s1. The highest BCUT2D eigenvalue weighted by Gasteiger charge is 2.22. The Morgan fingerprint density at radius 3 is 2.50 bits per heavy atom. The molecule has 0 saturated heterocycles. The molecular formula is C13H19NO2. The van der Waals surface area contributed by atoms with E-state index in [0.29, 0.717) is 6.54 Å². The molecule has 0 fully saturated rings. The maximum atomic E-state index is 11.1. The summed E-state index contributed by atoms with van der Waals surface area (Å²) in [6, 6.07) is 9.37. The summed E-state index contributed by atoms with van der Waals surface area (Å²) in [5.74, 6) is -0.633. The van der Waals surface area contributed by atoms with E-state index >= 15 is 0 Å². The van der Waals surface area contributed by atoms with Crippen LogP contribution in [-0.2, 0) is 11.3 Å². The fourth-order valence-corrected chi connectivity index (χ4v) is 1.59. The molecule has 0 bridgehead atoms. The molecule has 88 valence electrons. The zero-order valence-corrected chi connectivity index (χ0v) is 9.81. The lowest BCUT2D eigenvalue weighted by Gasteiger charge is -2.20. The molecule has 0 aliphatic rings. The average molecular weight is 221 g/mol. The first-order chi connectivity index (χ1) is 7.65. The van der Waals surface area contributed by atoms with Gasteiger partial charge in [-0.2, -0.15) is 0 Å². The van der Waals surface area contributed by atoms with Gasteiger partial charge >= 0.3 is 5.97 Å². The summed E-state index contributed by atoms with van der Waals surface area (Å²) in [5.41, 5.74) is 1.11. The lowest BCUT2D eigenvalue weighted by molar-refractivity contribution is -0.140. The largest absolute Gasteiger partial charge is 0.480 e. The van der Waals surface area contributed by atoms with Gasteiger partial charge in [-0.05, 0) is 11.5 Å². The molecule has 0 radical (unpaired) electrons. The molecule has 0 amide bonds. The monoisotopic (exact) mass is 221 g/mol. The highest BCUT2D eigenvalue weighted by molar-refractivity contribution is 5.73. The normalized spacial score (nSPS) is 14.4. The predicted octanol–water partition coefficient (Wildman–Crippen LogP) is 2.28. The van der Waals surface area contributed by atoms with E-state index in [-0.39, 0.29) is 5.92 Å². The number of aliphatic carboxylic acids is 1. The molecule has 3 nitrogen and oxygen atoms in total. The minimum absolute atomic E-state index is 0.140. The number of nitrogens with one attached hydrogen (secondary N) is 1. The molecule has 1 rings (SSSR count). The van der Waals surface area contributed by atoms with E-state index in [1.165, 1.54) is 0 Å². The summed E-state index contributed by atoms with van der Waals surface area (Å²) in [7, 11) is 0. The molecule has 1 aromatic rings. The summed E-state index contributed by atoms with van der Waals surface area (Å²) >= 11 is 0. The molecular weight excluding hydrogens is 202 g/mol. The maximum absolute atomic E-state index is 11.1. The summed E-state index contributed by atoms with van der Waals surface area (Å²) in [4.78, 5) is 11.1. The third-order valence-corrected chi connectivity index (χ3v) is 2.85. The molecule has 1 aromatic carbocycles. The van der Waals surface area contributed by atoms with E-state index < -0.39 is 12.0 Å². The highest BCUT2D eigenvalue weighted by Crippen LogP contribution is 2.09. The number of carbonyl (C=O) groups is 1. The lowest BCUT2D eigenvalue weighted by Crippen LogP contribution is -2.41. The van der Waals surface area contributed by atoms with Crippen molar-refractivity contribution in [2.75, 3.05) is 0 Å². The molecule has 2 atom stereocenters. The number of carboxylic acids is 1. The first-order valence-electron chi connectivity index (χ1n) is 5.65. The van der Waals surface area contributed by atoms with E-state index in [1.807, 2.05) is 44.2 Å². The molecule has 16 heavy (non-hydrogen) atoms. The molecule has 2 N–H and O–H groups in total. The Bertz CT molecular complexity index is 324. The highest BCUT2D eigenvalue weighted by atomic mass is 16.4. The quantitative estimate of drug-likeness (QED) is 0.774. The Labute approximate surface area is 96.5 Å². The molecule has 1 unspecified atom stereocenters. The van der Waals surface area contributed by atoms with E-state index in [0.717, 1.165) is 12.0 Å². The summed E-state index contributed by atoms with van der Waals surface area (Å²) in [5, 5.41) is 12.2. The number of hydrogen-bond donors (Lipinski definition) is 2. The van der Waals surface area contributed by atoms with Crippen molar-refractivity contribution in [1.29, 1.82) is 0 Å². The molecule has 0 heterocycles. The second kappa shape index (κ2) is 6.28. The minimum Gasteiger partial charge on any atom is -0.480 e. The summed E-state index contributed by atoms with van der Waals surface area (Å²) in [6.07, 6.45) is 0.860. The first-order valence-corrected chi connectivity index (χ1v) is 5.65. The number of rotatable bonds is 6. The summed E-state index contributed by atoms with van der Waals surface area (Å²) < 4.78 is 0. The van der Waals surface area contributed by atoms with Crippen molar-refractivity contribution in [2.24, 2.45) is 5.92 Å². The molecule has 3 heteroatoms. The topological polar surface area (TPSA) is 49.3 Å². The van der Waals surface area contributed by atoms with Crippen LogP contribution in [0.4, 0.5) is 0 Å². The van der Waals surface area contributed by atoms with Crippen LogP contribution in [-0.4, -0.2) is 17.1 Å². The van der Waals surface area contributed by atoms with Crippen molar-refractivity contribution in [1.82, 2.24) is 5.32 Å². The number of carboxylic acid groups (broad SMARTS) is 1. The van der Waals surface area contributed by atoms with Gasteiger partial charge in [0.2, 0.25) is 0 Å². The molecule has 0 aromatic heterocycles. The maximum Gasteiger partial charge on any atom is 0.320 e. The average Bonchev–Trinajstić information content (AvgIpc) is 2.30. The minimum atomic E-state index is -0.773. The smallest absolute Gasteiger partial charge is 0.320 e. The van der Waals surface area contributed by atoms with Crippen molar-refractivity contribution in [3.63, 3.8) is 0 Å². The predicted molar refractivity (Wildman–Crippen MR) is 64.2 cm³/mol. The van der Waals surface area contributed by atoms with Crippen LogP contribution in [0.1, 0.15) is 25.8 Å². The van der Waals surface area contributed by atoms with Crippen LogP contribution in [0.15, 0.2) is 30.3 Å². The van der Waals surface area contributed by atoms with E-state index in [9.17, 15) is 4.79 Å². The van der Waals surface area contributed by atoms with Crippen LogP contribution in [0, 0.1) is 5.92 Å². The van der Waals surface area contributed by atoms with Crippen LogP contribution >= 0.6 is 0 Å². The van der Waals surface area contributed by atoms with Crippen molar-refractivity contribution in [3.05, 3.63) is 35.9 Å². The SMILES string of the molecule is CCC(C)[C@H](NCc1ccccc1)C(=O)O. The third kappa shape index (κ3) is 3.66. The summed E-state index contributed by atoms with van der Waals surface area (Å²) in [6.45, 7) is 4.56. The van der Waals surface area contributed by atoms with Gasteiger partial charge in [0.05, 0.1) is 0 Å². The number of hydrogen-bond acceptors (Lipinski definition) is 2. The van der Waals surface area contributed by atoms with Crippen molar-refractivity contribution in [3.8, 4) is 0 Å². The lowest BCUT2D eigenvalue weighted by atomic mass is 9.99. The van der Waals surface area contributed by atoms with Crippen LogP contribution in [0.2, 0.25) is 0 Å². The molecule has 0 aliphatic carbocycles. The van der Waals surface area contributed by atoms with E-state index in [1.54, 1.807) is 0 Å². The zero-order valence-electron chi connectivity index (χ0n) is 9.81. The van der Waals surface area contributed by atoms with E-state index in [2.05, 4.69) is 5.32 Å². The van der Waals surface area contributed by atoms with Gasteiger partial charge in [-0.1, -0.05) is 50.6 Å². The molecule has 0 spiro atoms. The van der Waals surface area contributed by atoms with Gasteiger partial charge in [-0.3, -0.25) is 4.79 Å². The van der Waals surface area contributed by atoms with E-state index in [4.69, 9.17) is 5.11 Å². The van der Waals surface area contributed by atoms with Crippen molar-refractivity contribution < 1.29 is 9.90 Å². The Morgan fingerprint density at radius 1 is 1.38 bits per heavy atom. The molecule has 0 aliphatic heterocycles. The van der Waals surface area contributed by atoms with Gasteiger partial charge in [0.25, 0.3) is 0 Å². The van der Waals surface area contributed by atoms with Gasteiger partial charge in [0.1, 0.15) is 6.04 Å². The van der Waals surface area contributed by atoms with Gasteiger partial charge in [-0.15, -0.1) is 0 Å². The second-order valence-electron chi connectivity index (χ2n) is 4.07. The van der Waals surface area contributed by atoms with Crippen molar-refractivity contribution >= 4 is 5.97 Å². The Kier molecular flexibility index (Phi) is 4.99. The van der Waals surface area contributed by atoms with Gasteiger partial charge in [0.15, 0.2) is 0 Å². The molecule has 0 saturated carbocycles. The Morgan fingerprint density at radius 2 is 2.00 bits per heavy atom. The van der Waals surface area contributed by atoms with Crippen molar-refractivity contribution in [2.45, 2.75) is 32.9 Å². The Hall–Kier alpha value is -1.35. The van der Waals surface area contributed by atoms with Gasteiger partial charge < -0.3 is 10.4 Å². The third-order valence-electron chi connectivity index (χ3n) is 2.85. The first kappa shape index (κ1) is 12.7. The second-order valence-corrected chi connectivity index (χ2v) is 4.07. The van der Waals surface area contributed by atoms with Crippen LogP contribution < -0.4 is 5.32 Å². The fraction of sp³-hybridized carbons (Fsp3) is 0.462. The Balaban J connectivity index is 2.54.